The Labute approximate surface area is 123 Å². The number of hydrogen-bond donors (Lipinski definition) is 1. The molecule has 0 aliphatic rings. The van der Waals surface area contributed by atoms with Crippen molar-refractivity contribution in [2.45, 2.75) is 32.9 Å². The Morgan fingerprint density at radius 3 is 2.62 bits per heavy atom. The van der Waals surface area contributed by atoms with Crippen molar-refractivity contribution in [3.05, 3.63) is 53.9 Å². The van der Waals surface area contributed by atoms with E-state index in [0.29, 0.717) is 12.3 Å². The van der Waals surface area contributed by atoms with E-state index in [1.807, 2.05) is 20.8 Å². The van der Waals surface area contributed by atoms with Crippen LogP contribution in [-0.4, -0.2) is 10.5 Å². The zero-order chi connectivity index (χ0) is 15.5. The molecular weight excluding hydrogens is 274 g/mol. The predicted octanol–water partition coefficient (Wildman–Crippen LogP) is 4.04. The molecule has 0 aliphatic carbocycles. The van der Waals surface area contributed by atoms with E-state index in [4.69, 9.17) is 4.74 Å². The molecule has 0 atom stereocenters. The highest BCUT2D eigenvalue weighted by atomic mass is 19.2. The van der Waals surface area contributed by atoms with Gasteiger partial charge < -0.3 is 10.1 Å². The van der Waals surface area contributed by atoms with Crippen LogP contribution in [0.4, 0.5) is 8.78 Å². The van der Waals surface area contributed by atoms with Gasteiger partial charge in [0.2, 0.25) is 5.82 Å². The average Bonchev–Trinajstić information content (AvgIpc) is 2.42. The molecule has 0 aliphatic heterocycles. The molecule has 5 heteroatoms. The van der Waals surface area contributed by atoms with Crippen LogP contribution >= 0.6 is 0 Å². The number of benzene rings is 1. The van der Waals surface area contributed by atoms with Gasteiger partial charge in [-0.3, -0.25) is 4.98 Å². The Morgan fingerprint density at radius 2 is 1.90 bits per heavy atom. The van der Waals surface area contributed by atoms with Gasteiger partial charge in [0.15, 0.2) is 11.6 Å². The van der Waals surface area contributed by atoms with Gasteiger partial charge >= 0.3 is 0 Å². The highest BCUT2D eigenvalue weighted by Gasteiger charge is 2.14. The van der Waals surface area contributed by atoms with Crippen molar-refractivity contribution in [1.82, 2.24) is 10.3 Å². The maximum atomic E-state index is 13.7. The van der Waals surface area contributed by atoms with Crippen LogP contribution in [0, 0.1) is 11.6 Å². The van der Waals surface area contributed by atoms with Crippen molar-refractivity contribution in [3.8, 4) is 11.5 Å². The van der Waals surface area contributed by atoms with E-state index < -0.39 is 11.6 Å². The van der Waals surface area contributed by atoms with Crippen LogP contribution < -0.4 is 10.1 Å². The molecule has 2 aromatic rings. The summed E-state index contributed by atoms with van der Waals surface area (Å²) in [5, 5.41) is 3.30. The number of aromatic nitrogens is 1. The monoisotopic (exact) mass is 292 g/mol. The standard InChI is InChI=1S/C16H18F2N2O/c1-16(2,3)20-10-11-9-19-8-7-13(11)21-14-6-4-5-12(17)15(14)18/h4-9,20H,10H2,1-3H3. The molecule has 0 radical (unpaired) electrons. The van der Waals surface area contributed by atoms with E-state index >= 15 is 0 Å². The summed E-state index contributed by atoms with van der Waals surface area (Å²) in [5.41, 5.74) is 0.702. The number of halogens is 2. The molecule has 0 fully saturated rings. The third-order valence-electron chi connectivity index (χ3n) is 2.80. The molecule has 2 rings (SSSR count). The number of pyridine rings is 1. The maximum Gasteiger partial charge on any atom is 0.201 e. The lowest BCUT2D eigenvalue weighted by molar-refractivity contribution is 0.397. The Balaban J connectivity index is 2.22. The smallest absolute Gasteiger partial charge is 0.201 e. The molecular formula is C16H18F2N2O. The lowest BCUT2D eigenvalue weighted by Crippen LogP contribution is -2.35. The van der Waals surface area contributed by atoms with Crippen molar-refractivity contribution >= 4 is 0 Å². The first-order valence-corrected chi connectivity index (χ1v) is 6.66. The fourth-order valence-electron chi connectivity index (χ4n) is 1.69. The molecule has 0 unspecified atom stereocenters. The van der Waals surface area contributed by atoms with Crippen LogP contribution in [-0.2, 0) is 6.54 Å². The number of rotatable bonds is 4. The minimum Gasteiger partial charge on any atom is -0.454 e. The fraction of sp³-hybridized carbons (Fsp3) is 0.312. The number of nitrogens with zero attached hydrogens (tertiary/aromatic N) is 1. The van der Waals surface area contributed by atoms with Gasteiger partial charge in [0.25, 0.3) is 0 Å². The molecule has 0 bridgehead atoms. The topological polar surface area (TPSA) is 34.2 Å². The predicted molar refractivity (Wildman–Crippen MR) is 77.3 cm³/mol. The molecule has 21 heavy (non-hydrogen) atoms. The van der Waals surface area contributed by atoms with Crippen LogP contribution in [0.3, 0.4) is 0 Å². The van der Waals surface area contributed by atoms with Gasteiger partial charge in [0.05, 0.1) is 0 Å². The second-order valence-corrected chi connectivity index (χ2v) is 5.74. The Hall–Kier alpha value is -2.01. The van der Waals surface area contributed by atoms with Crippen molar-refractivity contribution < 1.29 is 13.5 Å². The molecule has 0 saturated heterocycles. The third-order valence-corrected chi connectivity index (χ3v) is 2.80. The van der Waals surface area contributed by atoms with Crippen molar-refractivity contribution in [1.29, 1.82) is 0 Å². The molecule has 1 heterocycles. The van der Waals surface area contributed by atoms with E-state index in [1.54, 1.807) is 18.5 Å². The van der Waals surface area contributed by atoms with Crippen molar-refractivity contribution in [2.75, 3.05) is 0 Å². The van der Waals surface area contributed by atoms with Gasteiger partial charge in [-0.05, 0) is 39.0 Å². The first kappa shape index (κ1) is 15.4. The summed E-state index contributed by atoms with van der Waals surface area (Å²) in [7, 11) is 0. The zero-order valence-electron chi connectivity index (χ0n) is 12.3. The molecule has 1 aromatic carbocycles. The van der Waals surface area contributed by atoms with Crippen LogP contribution in [0.1, 0.15) is 26.3 Å². The first-order chi connectivity index (χ1) is 9.87. The summed E-state index contributed by atoms with van der Waals surface area (Å²) in [6, 6.07) is 5.47. The SMILES string of the molecule is CC(C)(C)NCc1cnccc1Oc1cccc(F)c1F. The Bertz CT molecular complexity index is 624. The summed E-state index contributed by atoms with van der Waals surface area (Å²) in [6.07, 6.45) is 3.19. The van der Waals surface area contributed by atoms with Crippen LogP contribution in [0.15, 0.2) is 36.7 Å². The van der Waals surface area contributed by atoms with E-state index in [9.17, 15) is 8.78 Å². The van der Waals surface area contributed by atoms with E-state index in [2.05, 4.69) is 10.3 Å². The summed E-state index contributed by atoms with van der Waals surface area (Å²) in [4.78, 5) is 4.04. The van der Waals surface area contributed by atoms with Crippen LogP contribution in [0.25, 0.3) is 0 Å². The zero-order valence-corrected chi connectivity index (χ0v) is 12.3. The molecule has 112 valence electrons. The third kappa shape index (κ3) is 4.23. The van der Waals surface area contributed by atoms with Crippen LogP contribution in [0.2, 0.25) is 0 Å². The summed E-state index contributed by atoms with van der Waals surface area (Å²) in [6.45, 7) is 6.63. The van der Waals surface area contributed by atoms with E-state index in [0.717, 1.165) is 11.6 Å². The van der Waals surface area contributed by atoms with E-state index in [1.165, 1.54) is 12.1 Å². The molecule has 1 aromatic heterocycles. The minimum absolute atomic E-state index is 0.0722. The maximum absolute atomic E-state index is 13.7. The van der Waals surface area contributed by atoms with E-state index in [-0.39, 0.29) is 11.3 Å². The van der Waals surface area contributed by atoms with Gasteiger partial charge in [-0.2, -0.15) is 4.39 Å². The highest BCUT2D eigenvalue weighted by Crippen LogP contribution is 2.28. The molecule has 0 saturated carbocycles. The summed E-state index contributed by atoms with van der Waals surface area (Å²) < 4.78 is 32.4. The number of hydrogen-bond acceptors (Lipinski definition) is 3. The summed E-state index contributed by atoms with van der Waals surface area (Å²) >= 11 is 0. The quantitative estimate of drug-likeness (QED) is 0.923. The largest absolute Gasteiger partial charge is 0.454 e. The van der Waals surface area contributed by atoms with Gasteiger partial charge in [0, 0.05) is 30.0 Å². The lowest BCUT2D eigenvalue weighted by Gasteiger charge is -2.21. The average molecular weight is 292 g/mol. The molecule has 1 N–H and O–H groups in total. The second-order valence-electron chi connectivity index (χ2n) is 5.74. The minimum atomic E-state index is -0.996. The fourth-order valence-corrected chi connectivity index (χ4v) is 1.69. The van der Waals surface area contributed by atoms with Gasteiger partial charge in [-0.1, -0.05) is 6.07 Å². The normalized spacial score (nSPS) is 11.5. The molecule has 0 spiro atoms. The van der Waals surface area contributed by atoms with Gasteiger partial charge in [-0.25, -0.2) is 4.39 Å². The second kappa shape index (κ2) is 6.18. The van der Waals surface area contributed by atoms with Gasteiger partial charge in [-0.15, -0.1) is 0 Å². The van der Waals surface area contributed by atoms with Crippen molar-refractivity contribution in [3.63, 3.8) is 0 Å². The molecule has 0 amide bonds. The van der Waals surface area contributed by atoms with Crippen LogP contribution in [0.5, 0.6) is 11.5 Å². The van der Waals surface area contributed by atoms with Gasteiger partial charge in [0.1, 0.15) is 5.75 Å². The number of nitrogens with one attached hydrogen (secondary N) is 1. The summed E-state index contributed by atoms with van der Waals surface area (Å²) in [5.74, 6) is -1.62. The Morgan fingerprint density at radius 1 is 1.14 bits per heavy atom. The first-order valence-electron chi connectivity index (χ1n) is 6.66. The molecule has 3 nitrogen and oxygen atoms in total. The number of ether oxygens (including phenoxy) is 1. The Kier molecular flexibility index (Phi) is 4.53. The van der Waals surface area contributed by atoms with Crippen molar-refractivity contribution in [2.24, 2.45) is 0 Å². The highest BCUT2D eigenvalue weighted by molar-refractivity contribution is 5.36. The lowest BCUT2D eigenvalue weighted by atomic mass is 10.1.